The smallest absolute Gasteiger partial charge is 0.194 e. The number of hydrogen-bond acceptors (Lipinski definition) is 4. The minimum atomic E-state index is -0.777. The molecule has 5 nitrogen and oxygen atoms in total. The van der Waals surface area contributed by atoms with Gasteiger partial charge in [-0.2, -0.15) is 0 Å². The summed E-state index contributed by atoms with van der Waals surface area (Å²) in [4.78, 5) is 4.67. The first kappa shape index (κ1) is 18.1. The number of phenolic OH excluding ortho intramolecular Hbond substituents is 1. The molecule has 0 bridgehead atoms. The number of hydrogen-bond donors (Lipinski definition) is 2. The molecular formula is C21H17ClFN3O2. The first-order valence-electron chi connectivity index (χ1n) is 8.55. The van der Waals surface area contributed by atoms with Crippen LogP contribution in [0.1, 0.15) is 5.69 Å². The molecule has 2 N–H and O–H groups in total. The van der Waals surface area contributed by atoms with Crippen molar-refractivity contribution < 1.29 is 14.2 Å². The van der Waals surface area contributed by atoms with Crippen molar-refractivity contribution in [2.75, 3.05) is 12.4 Å². The number of methoxy groups -OCH3 is 1. The molecule has 0 aliphatic heterocycles. The quantitative estimate of drug-likeness (QED) is 0.473. The second kappa shape index (κ2) is 7.05. The van der Waals surface area contributed by atoms with Crippen LogP contribution in [0.4, 0.5) is 15.9 Å². The number of benzene rings is 2. The molecule has 0 radical (unpaired) electrons. The van der Waals surface area contributed by atoms with E-state index in [1.165, 1.54) is 13.2 Å². The number of aryl methyl sites for hydroxylation is 1. The Morgan fingerprint density at radius 2 is 1.89 bits per heavy atom. The van der Waals surface area contributed by atoms with Gasteiger partial charge in [-0.25, -0.2) is 9.37 Å². The Morgan fingerprint density at radius 1 is 1.14 bits per heavy atom. The molecule has 7 heteroatoms. The molecule has 142 valence electrons. The Hall–Kier alpha value is -3.25. The normalized spacial score (nSPS) is 11.0. The topological polar surface area (TPSA) is 58.8 Å². The highest BCUT2D eigenvalue weighted by Gasteiger charge is 2.19. The number of pyridine rings is 1. The number of phenols is 1. The molecule has 0 unspecified atom stereocenters. The first-order chi connectivity index (χ1) is 13.5. The van der Waals surface area contributed by atoms with Gasteiger partial charge >= 0.3 is 0 Å². The fourth-order valence-electron chi connectivity index (χ4n) is 3.11. The van der Waals surface area contributed by atoms with Crippen molar-refractivity contribution >= 4 is 28.8 Å². The maximum atomic E-state index is 14.3. The molecule has 2 aromatic carbocycles. The van der Waals surface area contributed by atoms with E-state index < -0.39 is 11.6 Å². The summed E-state index contributed by atoms with van der Waals surface area (Å²) in [7, 11) is 1.37. The van der Waals surface area contributed by atoms with Gasteiger partial charge in [0.1, 0.15) is 17.2 Å². The first-order valence-corrected chi connectivity index (χ1v) is 8.93. The van der Waals surface area contributed by atoms with Crippen molar-refractivity contribution in [1.29, 1.82) is 0 Å². The molecule has 0 fully saturated rings. The number of imidazole rings is 1. The second-order valence-electron chi connectivity index (χ2n) is 6.31. The summed E-state index contributed by atoms with van der Waals surface area (Å²) in [5.74, 6) is -0.595. The Kier molecular flexibility index (Phi) is 4.57. The third-order valence-electron chi connectivity index (χ3n) is 4.47. The van der Waals surface area contributed by atoms with E-state index in [1.54, 1.807) is 18.2 Å². The lowest BCUT2D eigenvalue weighted by molar-refractivity contribution is 0.357. The molecule has 0 amide bonds. The lowest BCUT2D eigenvalue weighted by Gasteiger charge is -2.12. The summed E-state index contributed by atoms with van der Waals surface area (Å²) < 4.78 is 21.3. The number of fused-ring (bicyclic) bond motifs is 1. The largest absolute Gasteiger partial charge is 0.502 e. The van der Waals surface area contributed by atoms with E-state index >= 15 is 0 Å². The summed E-state index contributed by atoms with van der Waals surface area (Å²) in [5.41, 5.74) is 3.48. The number of halogens is 2. The van der Waals surface area contributed by atoms with Crippen LogP contribution in [0.15, 0.2) is 54.6 Å². The summed E-state index contributed by atoms with van der Waals surface area (Å²) in [6.45, 7) is 1.96. The van der Waals surface area contributed by atoms with Crippen LogP contribution in [0.25, 0.3) is 16.9 Å². The molecule has 2 heterocycles. The molecule has 2 aromatic heterocycles. The van der Waals surface area contributed by atoms with Crippen LogP contribution in [0.3, 0.4) is 0 Å². The Labute approximate surface area is 166 Å². The number of nitrogens with one attached hydrogen (secondary N) is 1. The molecule has 0 atom stereocenters. The highest BCUT2D eigenvalue weighted by atomic mass is 35.5. The number of aromatic nitrogens is 2. The maximum absolute atomic E-state index is 14.3. The van der Waals surface area contributed by atoms with Crippen LogP contribution < -0.4 is 10.1 Å². The molecule has 4 rings (SSSR count). The van der Waals surface area contributed by atoms with Gasteiger partial charge in [-0.05, 0) is 55.5 Å². The van der Waals surface area contributed by atoms with E-state index in [2.05, 4.69) is 10.3 Å². The number of rotatable bonds is 4. The lowest BCUT2D eigenvalue weighted by Crippen LogP contribution is -1.99. The molecule has 4 aromatic rings. The van der Waals surface area contributed by atoms with Crippen molar-refractivity contribution in [3.8, 4) is 22.8 Å². The van der Waals surface area contributed by atoms with Gasteiger partial charge in [0.05, 0.1) is 7.11 Å². The molecule has 0 spiro atoms. The SMILES string of the molecule is COc1cc(-c2nc3cccc(C)n3c2Nc2ccc(Cl)cc2)cc(F)c1O. The number of ether oxygens (including phenoxy) is 1. The van der Waals surface area contributed by atoms with Crippen LogP contribution in [0.5, 0.6) is 11.5 Å². The van der Waals surface area contributed by atoms with E-state index in [-0.39, 0.29) is 5.75 Å². The van der Waals surface area contributed by atoms with E-state index in [1.807, 2.05) is 41.7 Å². The molecule has 0 aliphatic rings. The van der Waals surface area contributed by atoms with Crippen molar-refractivity contribution in [1.82, 2.24) is 9.38 Å². The monoisotopic (exact) mass is 397 g/mol. The summed E-state index contributed by atoms with van der Waals surface area (Å²) >= 11 is 5.98. The summed E-state index contributed by atoms with van der Waals surface area (Å²) in [5, 5.41) is 13.8. The highest BCUT2D eigenvalue weighted by Crippen LogP contribution is 2.38. The van der Waals surface area contributed by atoms with Crippen LogP contribution in [-0.2, 0) is 0 Å². The van der Waals surface area contributed by atoms with Crippen molar-refractivity contribution in [2.45, 2.75) is 6.92 Å². The van der Waals surface area contributed by atoms with Gasteiger partial charge in [0, 0.05) is 22.0 Å². The molecule has 28 heavy (non-hydrogen) atoms. The van der Waals surface area contributed by atoms with Crippen molar-refractivity contribution in [3.63, 3.8) is 0 Å². The van der Waals surface area contributed by atoms with Gasteiger partial charge in [0.15, 0.2) is 17.3 Å². The number of anilines is 2. The van der Waals surface area contributed by atoms with E-state index in [0.717, 1.165) is 11.4 Å². The molecular weight excluding hydrogens is 381 g/mol. The zero-order chi connectivity index (χ0) is 19.8. The van der Waals surface area contributed by atoms with Gasteiger partial charge in [-0.3, -0.25) is 4.40 Å². The summed E-state index contributed by atoms with van der Waals surface area (Å²) in [6.07, 6.45) is 0. The highest BCUT2D eigenvalue weighted by molar-refractivity contribution is 6.30. The van der Waals surface area contributed by atoms with Gasteiger partial charge in [0.2, 0.25) is 0 Å². The Morgan fingerprint density at radius 3 is 2.61 bits per heavy atom. The van der Waals surface area contributed by atoms with E-state index in [0.29, 0.717) is 27.7 Å². The average Bonchev–Trinajstić information content (AvgIpc) is 3.05. The Bertz CT molecular complexity index is 1170. The zero-order valence-electron chi connectivity index (χ0n) is 15.2. The minimum absolute atomic E-state index is 0.0428. The zero-order valence-corrected chi connectivity index (χ0v) is 16.0. The van der Waals surface area contributed by atoms with Gasteiger partial charge in [-0.1, -0.05) is 17.7 Å². The van der Waals surface area contributed by atoms with Gasteiger partial charge in [0.25, 0.3) is 0 Å². The van der Waals surface area contributed by atoms with Crippen molar-refractivity contribution in [2.24, 2.45) is 0 Å². The van der Waals surface area contributed by atoms with Crippen LogP contribution in [-0.4, -0.2) is 21.6 Å². The predicted molar refractivity (Wildman–Crippen MR) is 108 cm³/mol. The predicted octanol–water partition coefficient (Wildman–Crippen LogP) is 5.56. The summed E-state index contributed by atoms with van der Waals surface area (Å²) in [6, 6.07) is 15.8. The van der Waals surface area contributed by atoms with Crippen LogP contribution in [0.2, 0.25) is 5.02 Å². The van der Waals surface area contributed by atoms with Crippen molar-refractivity contribution in [3.05, 3.63) is 71.1 Å². The van der Waals surface area contributed by atoms with E-state index in [4.69, 9.17) is 16.3 Å². The third kappa shape index (κ3) is 3.12. The second-order valence-corrected chi connectivity index (χ2v) is 6.75. The van der Waals surface area contributed by atoms with Gasteiger partial charge < -0.3 is 15.2 Å². The fourth-order valence-corrected chi connectivity index (χ4v) is 3.23. The van der Waals surface area contributed by atoms with Crippen LogP contribution in [0, 0.1) is 12.7 Å². The Balaban J connectivity index is 1.95. The number of nitrogens with zero attached hydrogens (tertiary/aromatic N) is 2. The van der Waals surface area contributed by atoms with Crippen LogP contribution >= 0.6 is 11.6 Å². The molecule has 0 aliphatic carbocycles. The average molecular weight is 398 g/mol. The third-order valence-corrected chi connectivity index (χ3v) is 4.72. The lowest BCUT2D eigenvalue weighted by atomic mass is 10.1. The van der Waals surface area contributed by atoms with E-state index in [9.17, 15) is 9.50 Å². The molecule has 0 saturated carbocycles. The minimum Gasteiger partial charge on any atom is -0.502 e. The van der Waals surface area contributed by atoms with Gasteiger partial charge in [-0.15, -0.1) is 0 Å². The number of aromatic hydroxyl groups is 1. The molecule has 0 saturated heterocycles. The maximum Gasteiger partial charge on any atom is 0.194 e. The standard InChI is InChI=1S/C21H17ClFN3O2/c1-12-4-3-5-18-25-19(13-10-16(23)20(27)17(11-13)28-2)21(26(12)18)24-15-8-6-14(22)7-9-15/h3-11,24,27H,1-2H3. The fraction of sp³-hybridized carbons (Fsp3) is 0.0952.